The van der Waals surface area contributed by atoms with E-state index in [2.05, 4.69) is 0 Å². The van der Waals surface area contributed by atoms with Crippen molar-refractivity contribution < 1.29 is 14.1 Å². The second kappa shape index (κ2) is 4.83. The van der Waals surface area contributed by atoms with Gasteiger partial charge in [0, 0.05) is 13.1 Å². The smallest absolute Gasteiger partial charge is 0.395 e. The molecule has 4 bridgehead atoms. The highest BCUT2D eigenvalue weighted by molar-refractivity contribution is 5.91. The van der Waals surface area contributed by atoms with E-state index < -0.39 is 4.92 Å². The summed E-state index contributed by atoms with van der Waals surface area (Å²) in [6.07, 6.45) is 6.30. The van der Waals surface area contributed by atoms with E-state index in [0.29, 0.717) is 11.8 Å². The zero-order chi connectivity index (χ0) is 15.4. The van der Waals surface area contributed by atoms with Gasteiger partial charge < -0.3 is 9.32 Å². The largest absolute Gasteiger partial charge is 0.433 e. The minimum Gasteiger partial charge on any atom is -0.395 e. The Labute approximate surface area is 128 Å². The predicted octanol–water partition coefficient (Wildman–Crippen LogP) is 3.08. The van der Waals surface area contributed by atoms with Crippen molar-refractivity contribution in [2.45, 2.75) is 38.1 Å². The van der Waals surface area contributed by atoms with Crippen molar-refractivity contribution in [3.8, 4) is 0 Å². The molecule has 118 valence electrons. The number of hydrogen-bond acceptors (Lipinski definition) is 4. The van der Waals surface area contributed by atoms with Crippen molar-refractivity contribution in [3.05, 3.63) is 28.0 Å². The first-order valence-corrected chi connectivity index (χ1v) is 8.04. The molecular formula is C16H20N2O4. The van der Waals surface area contributed by atoms with Gasteiger partial charge in [0.25, 0.3) is 5.91 Å². The second-order valence-corrected chi connectivity index (χ2v) is 7.23. The highest BCUT2D eigenvalue weighted by Gasteiger charge is 2.50. The molecule has 1 amide bonds. The Morgan fingerprint density at radius 1 is 1.18 bits per heavy atom. The van der Waals surface area contributed by atoms with Gasteiger partial charge in [0.2, 0.25) is 0 Å². The monoisotopic (exact) mass is 304 g/mol. The summed E-state index contributed by atoms with van der Waals surface area (Å²) in [6, 6.07) is 2.93. The average molecular weight is 304 g/mol. The van der Waals surface area contributed by atoms with Crippen LogP contribution < -0.4 is 0 Å². The number of carbonyl (C=O) groups is 1. The van der Waals surface area contributed by atoms with E-state index in [9.17, 15) is 14.9 Å². The first kappa shape index (κ1) is 13.8. The van der Waals surface area contributed by atoms with Crippen LogP contribution in [0.5, 0.6) is 0 Å². The molecule has 1 heterocycles. The van der Waals surface area contributed by atoms with Gasteiger partial charge in [0.15, 0.2) is 5.76 Å². The molecule has 5 rings (SSSR count). The SMILES string of the molecule is CN(C(=O)c1ccc([N+](=O)[O-])o1)C1C2CC3CC(C2)CC1C3. The van der Waals surface area contributed by atoms with E-state index in [1.165, 1.54) is 44.2 Å². The first-order valence-electron chi connectivity index (χ1n) is 8.04. The predicted molar refractivity (Wildman–Crippen MR) is 78.3 cm³/mol. The van der Waals surface area contributed by atoms with Crippen LogP contribution in [0.4, 0.5) is 5.88 Å². The van der Waals surface area contributed by atoms with Crippen LogP contribution in [-0.2, 0) is 0 Å². The zero-order valence-electron chi connectivity index (χ0n) is 12.6. The number of carbonyl (C=O) groups excluding carboxylic acids is 1. The maximum Gasteiger partial charge on any atom is 0.433 e. The van der Waals surface area contributed by atoms with E-state index in [1.807, 2.05) is 7.05 Å². The number of amides is 1. The molecule has 4 fully saturated rings. The highest BCUT2D eigenvalue weighted by Crippen LogP contribution is 2.55. The molecule has 0 atom stereocenters. The van der Waals surface area contributed by atoms with Gasteiger partial charge in [-0.2, -0.15) is 0 Å². The number of nitrogens with zero attached hydrogens (tertiary/aromatic N) is 2. The lowest BCUT2D eigenvalue weighted by Crippen LogP contribution is -2.56. The quantitative estimate of drug-likeness (QED) is 0.635. The Bertz CT molecular complexity index is 595. The lowest BCUT2D eigenvalue weighted by molar-refractivity contribution is -0.402. The van der Waals surface area contributed by atoms with Crippen molar-refractivity contribution >= 4 is 11.8 Å². The molecule has 4 aliphatic carbocycles. The molecule has 0 spiro atoms. The molecule has 22 heavy (non-hydrogen) atoms. The fourth-order valence-corrected chi connectivity index (χ4v) is 5.38. The number of nitro groups is 1. The average Bonchev–Trinajstić information content (AvgIpc) is 2.95. The van der Waals surface area contributed by atoms with Crippen molar-refractivity contribution in [2.24, 2.45) is 23.7 Å². The van der Waals surface area contributed by atoms with E-state index in [4.69, 9.17) is 4.42 Å². The summed E-state index contributed by atoms with van der Waals surface area (Å²) in [7, 11) is 1.82. The number of rotatable bonds is 3. The standard InChI is InChI=1S/C16H20N2O4/c1-17(16(19)13-2-3-14(22-13)18(20)21)15-11-5-9-4-10(7-11)8-12(15)6-9/h2-3,9-12,15H,4-8H2,1H3. The van der Waals surface area contributed by atoms with Gasteiger partial charge >= 0.3 is 5.88 Å². The summed E-state index contributed by atoms with van der Waals surface area (Å²) >= 11 is 0. The molecule has 6 heteroatoms. The highest BCUT2D eigenvalue weighted by atomic mass is 16.6. The van der Waals surface area contributed by atoms with Crippen molar-refractivity contribution in [1.29, 1.82) is 0 Å². The van der Waals surface area contributed by atoms with Gasteiger partial charge in [-0.15, -0.1) is 0 Å². The second-order valence-electron chi connectivity index (χ2n) is 7.23. The topological polar surface area (TPSA) is 76.6 Å². The molecule has 4 saturated carbocycles. The molecule has 0 aromatic carbocycles. The third-order valence-electron chi connectivity index (χ3n) is 5.93. The van der Waals surface area contributed by atoms with Crippen LogP contribution in [0.25, 0.3) is 0 Å². The molecule has 1 aromatic heterocycles. The van der Waals surface area contributed by atoms with Crippen molar-refractivity contribution in [1.82, 2.24) is 4.90 Å². The van der Waals surface area contributed by atoms with Gasteiger partial charge in [-0.25, -0.2) is 0 Å². The number of furan rings is 1. The molecule has 0 N–H and O–H groups in total. The minimum atomic E-state index is -0.611. The van der Waals surface area contributed by atoms with Crippen molar-refractivity contribution in [2.75, 3.05) is 7.05 Å². The molecule has 6 nitrogen and oxygen atoms in total. The van der Waals surface area contributed by atoms with E-state index in [1.54, 1.807) is 4.90 Å². The summed E-state index contributed by atoms with van der Waals surface area (Å²) < 4.78 is 5.08. The van der Waals surface area contributed by atoms with Gasteiger partial charge in [-0.1, -0.05) is 0 Å². The van der Waals surface area contributed by atoms with Crippen LogP contribution in [0.1, 0.15) is 42.7 Å². The maximum atomic E-state index is 12.6. The van der Waals surface area contributed by atoms with E-state index in [0.717, 1.165) is 11.8 Å². The normalized spacial score (nSPS) is 35.6. The van der Waals surface area contributed by atoms with Crippen molar-refractivity contribution in [3.63, 3.8) is 0 Å². The van der Waals surface area contributed by atoms with Crippen LogP contribution in [0.2, 0.25) is 0 Å². The van der Waals surface area contributed by atoms with Crippen LogP contribution in [0.15, 0.2) is 16.5 Å². The van der Waals surface area contributed by atoms with E-state index >= 15 is 0 Å². The Hall–Kier alpha value is -1.85. The van der Waals surface area contributed by atoms with Gasteiger partial charge in [0.05, 0.1) is 6.07 Å². The summed E-state index contributed by atoms with van der Waals surface area (Å²) in [5.41, 5.74) is 0. The lowest BCUT2D eigenvalue weighted by Gasteiger charge is -2.56. The maximum absolute atomic E-state index is 12.6. The third kappa shape index (κ3) is 2.04. The van der Waals surface area contributed by atoms with Crippen LogP contribution in [-0.4, -0.2) is 28.8 Å². The van der Waals surface area contributed by atoms with E-state index in [-0.39, 0.29) is 23.6 Å². The fourth-order valence-electron chi connectivity index (χ4n) is 5.38. The summed E-state index contributed by atoms with van der Waals surface area (Å²) in [4.78, 5) is 24.5. The van der Waals surface area contributed by atoms with Gasteiger partial charge in [-0.3, -0.25) is 14.9 Å². The first-order chi connectivity index (χ1) is 10.5. The Morgan fingerprint density at radius 2 is 1.77 bits per heavy atom. The summed E-state index contributed by atoms with van der Waals surface area (Å²) in [5, 5.41) is 10.7. The molecule has 0 saturated heterocycles. The van der Waals surface area contributed by atoms with Gasteiger partial charge in [-0.05, 0) is 61.8 Å². The van der Waals surface area contributed by atoms with Gasteiger partial charge in [0.1, 0.15) is 4.92 Å². The molecule has 0 aliphatic heterocycles. The van der Waals surface area contributed by atoms with Crippen LogP contribution >= 0.6 is 0 Å². The Kier molecular flexibility index (Phi) is 3.03. The molecule has 4 aliphatic rings. The fraction of sp³-hybridized carbons (Fsp3) is 0.688. The minimum absolute atomic E-state index is 0.0722. The molecular weight excluding hydrogens is 284 g/mol. The Morgan fingerprint density at radius 3 is 2.27 bits per heavy atom. The zero-order valence-corrected chi connectivity index (χ0v) is 12.6. The molecule has 0 unspecified atom stereocenters. The third-order valence-corrected chi connectivity index (χ3v) is 5.93. The summed E-state index contributed by atoms with van der Waals surface area (Å²) in [5.74, 6) is 2.36. The number of hydrogen-bond donors (Lipinski definition) is 0. The lowest BCUT2D eigenvalue weighted by atomic mass is 9.54. The molecule has 1 aromatic rings. The molecule has 0 radical (unpaired) electrons. The summed E-state index contributed by atoms with van der Waals surface area (Å²) in [6.45, 7) is 0. The van der Waals surface area contributed by atoms with Crippen LogP contribution in [0, 0.1) is 33.8 Å². The Balaban J connectivity index is 1.54. The van der Waals surface area contributed by atoms with Crippen LogP contribution in [0.3, 0.4) is 0 Å².